The first-order chi connectivity index (χ1) is 10.0. The minimum Gasteiger partial charge on any atom is -0.370 e. The Morgan fingerprint density at radius 1 is 1.29 bits per heavy atom. The minimum atomic E-state index is -1.37. The van der Waals surface area contributed by atoms with Crippen LogP contribution in [-0.4, -0.2) is 17.4 Å². The van der Waals surface area contributed by atoms with Crippen LogP contribution in [0.15, 0.2) is 30.5 Å². The van der Waals surface area contributed by atoms with Crippen molar-refractivity contribution >= 4 is 17.4 Å². The van der Waals surface area contributed by atoms with Crippen LogP contribution in [0.5, 0.6) is 0 Å². The number of hydrogen-bond acceptors (Lipinski definition) is 3. The number of halogens is 3. The van der Waals surface area contributed by atoms with E-state index in [9.17, 15) is 18.0 Å². The van der Waals surface area contributed by atoms with E-state index in [-0.39, 0.29) is 5.56 Å². The number of benzene rings is 1. The van der Waals surface area contributed by atoms with Crippen LogP contribution in [0, 0.1) is 17.5 Å². The van der Waals surface area contributed by atoms with Crippen LogP contribution in [0.3, 0.4) is 0 Å². The second-order valence-electron chi connectivity index (χ2n) is 4.13. The molecule has 0 fully saturated rings. The van der Waals surface area contributed by atoms with Crippen molar-refractivity contribution in [2.45, 2.75) is 6.92 Å². The van der Waals surface area contributed by atoms with E-state index < -0.39 is 29.0 Å². The molecule has 2 rings (SSSR count). The molecule has 1 aromatic carbocycles. The summed E-state index contributed by atoms with van der Waals surface area (Å²) in [5, 5.41) is 5.00. The Balaban J connectivity index is 2.31. The maximum Gasteiger partial charge on any atom is 0.259 e. The largest absolute Gasteiger partial charge is 0.370 e. The molecule has 0 atom stereocenters. The maximum atomic E-state index is 13.5. The fourth-order valence-corrected chi connectivity index (χ4v) is 1.73. The van der Waals surface area contributed by atoms with Gasteiger partial charge in [-0.15, -0.1) is 0 Å². The molecule has 0 spiro atoms. The molecule has 1 aromatic heterocycles. The van der Waals surface area contributed by atoms with Crippen molar-refractivity contribution in [3.8, 4) is 0 Å². The second-order valence-corrected chi connectivity index (χ2v) is 4.13. The van der Waals surface area contributed by atoms with Gasteiger partial charge in [0.2, 0.25) is 0 Å². The van der Waals surface area contributed by atoms with Gasteiger partial charge in [-0.25, -0.2) is 18.2 Å². The number of aromatic nitrogens is 1. The number of carbonyl (C=O) groups is 1. The van der Waals surface area contributed by atoms with Gasteiger partial charge < -0.3 is 10.6 Å². The number of nitrogens with one attached hydrogen (secondary N) is 2. The zero-order valence-electron chi connectivity index (χ0n) is 11.1. The first kappa shape index (κ1) is 14.8. The van der Waals surface area contributed by atoms with Crippen molar-refractivity contribution in [2.75, 3.05) is 17.2 Å². The molecule has 7 heteroatoms. The van der Waals surface area contributed by atoms with Gasteiger partial charge in [0.1, 0.15) is 11.6 Å². The Morgan fingerprint density at radius 2 is 2.05 bits per heavy atom. The summed E-state index contributed by atoms with van der Waals surface area (Å²) in [7, 11) is 0. The molecule has 0 unspecified atom stereocenters. The smallest absolute Gasteiger partial charge is 0.259 e. The summed E-state index contributed by atoms with van der Waals surface area (Å²) in [6.45, 7) is 2.35. The first-order valence-corrected chi connectivity index (χ1v) is 6.17. The molecule has 0 aliphatic carbocycles. The van der Waals surface area contributed by atoms with E-state index in [0.29, 0.717) is 24.5 Å². The van der Waals surface area contributed by atoms with E-state index in [4.69, 9.17) is 0 Å². The minimum absolute atomic E-state index is 0.142. The molecule has 0 aliphatic rings. The SMILES string of the molecule is CCNc1ncccc1C(=O)Nc1cc(F)cc(F)c1F. The van der Waals surface area contributed by atoms with Crippen LogP contribution in [0.4, 0.5) is 24.7 Å². The predicted molar refractivity (Wildman–Crippen MR) is 72.7 cm³/mol. The Labute approximate surface area is 119 Å². The molecule has 1 heterocycles. The lowest BCUT2D eigenvalue weighted by Gasteiger charge is -2.10. The molecule has 21 heavy (non-hydrogen) atoms. The standard InChI is InChI=1S/C14H12F3N3O/c1-2-18-13-9(4-3-5-19-13)14(21)20-11-7-8(15)6-10(16)12(11)17/h3-7H,2H2,1H3,(H,18,19)(H,20,21). The van der Waals surface area contributed by atoms with Crippen molar-refractivity contribution in [1.82, 2.24) is 4.98 Å². The number of carbonyl (C=O) groups excluding carboxylic acids is 1. The number of amides is 1. The number of nitrogens with zero attached hydrogens (tertiary/aromatic N) is 1. The predicted octanol–water partition coefficient (Wildman–Crippen LogP) is 3.18. The molecule has 4 nitrogen and oxygen atoms in total. The molecule has 0 saturated heterocycles. The van der Waals surface area contributed by atoms with Crippen LogP contribution in [0.1, 0.15) is 17.3 Å². The highest BCUT2D eigenvalue weighted by atomic mass is 19.2. The third-order valence-electron chi connectivity index (χ3n) is 2.64. The van der Waals surface area contributed by atoms with Gasteiger partial charge in [-0.1, -0.05) is 0 Å². The van der Waals surface area contributed by atoms with Gasteiger partial charge in [0, 0.05) is 24.9 Å². The van der Waals surface area contributed by atoms with Crippen molar-refractivity contribution in [3.05, 3.63) is 53.5 Å². The van der Waals surface area contributed by atoms with E-state index in [1.807, 2.05) is 6.92 Å². The molecule has 2 aromatic rings. The maximum absolute atomic E-state index is 13.5. The molecular weight excluding hydrogens is 283 g/mol. The molecule has 0 aliphatic heterocycles. The van der Waals surface area contributed by atoms with Gasteiger partial charge in [0.15, 0.2) is 11.6 Å². The van der Waals surface area contributed by atoms with Crippen LogP contribution in [0.25, 0.3) is 0 Å². The summed E-state index contributed by atoms with van der Waals surface area (Å²) < 4.78 is 39.7. The van der Waals surface area contributed by atoms with Gasteiger partial charge in [-0.2, -0.15) is 0 Å². The van der Waals surface area contributed by atoms with Crippen LogP contribution < -0.4 is 10.6 Å². The van der Waals surface area contributed by atoms with Crippen LogP contribution in [0.2, 0.25) is 0 Å². The fraction of sp³-hybridized carbons (Fsp3) is 0.143. The first-order valence-electron chi connectivity index (χ1n) is 6.17. The number of hydrogen-bond donors (Lipinski definition) is 2. The zero-order valence-corrected chi connectivity index (χ0v) is 11.1. The van der Waals surface area contributed by atoms with E-state index in [1.54, 1.807) is 0 Å². The Morgan fingerprint density at radius 3 is 2.76 bits per heavy atom. The molecule has 110 valence electrons. The highest BCUT2D eigenvalue weighted by molar-refractivity contribution is 6.07. The Hall–Kier alpha value is -2.57. The molecule has 2 N–H and O–H groups in total. The van der Waals surface area contributed by atoms with Gasteiger partial charge in [0.25, 0.3) is 5.91 Å². The summed E-state index contributed by atoms with van der Waals surface area (Å²) in [5.74, 6) is -4.10. The van der Waals surface area contributed by atoms with Crippen molar-refractivity contribution in [1.29, 1.82) is 0 Å². The van der Waals surface area contributed by atoms with Gasteiger partial charge >= 0.3 is 0 Å². The van der Waals surface area contributed by atoms with E-state index >= 15 is 0 Å². The van der Waals surface area contributed by atoms with Crippen LogP contribution >= 0.6 is 0 Å². The van der Waals surface area contributed by atoms with Gasteiger partial charge in [-0.05, 0) is 19.1 Å². The molecule has 0 radical (unpaired) electrons. The summed E-state index contributed by atoms with van der Waals surface area (Å²) in [4.78, 5) is 16.1. The lowest BCUT2D eigenvalue weighted by molar-refractivity contribution is 0.102. The summed E-state index contributed by atoms with van der Waals surface area (Å²) in [6.07, 6.45) is 1.48. The Kier molecular flexibility index (Phi) is 4.42. The average molecular weight is 295 g/mol. The van der Waals surface area contributed by atoms with E-state index in [2.05, 4.69) is 15.6 Å². The normalized spacial score (nSPS) is 10.3. The number of rotatable bonds is 4. The Bertz CT molecular complexity index is 677. The van der Waals surface area contributed by atoms with E-state index in [0.717, 1.165) is 0 Å². The van der Waals surface area contributed by atoms with Crippen LogP contribution in [-0.2, 0) is 0 Å². The molecule has 0 bridgehead atoms. The van der Waals surface area contributed by atoms with Crippen molar-refractivity contribution < 1.29 is 18.0 Å². The third-order valence-corrected chi connectivity index (χ3v) is 2.64. The monoisotopic (exact) mass is 295 g/mol. The summed E-state index contributed by atoms with van der Waals surface area (Å²) >= 11 is 0. The highest BCUT2D eigenvalue weighted by Crippen LogP contribution is 2.21. The number of anilines is 2. The second kappa shape index (κ2) is 6.25. The fourth-order valence-electron chi connectivity index (χ4n) is 1.73. The summed E-state index contributed by atoms with van der Waals surface area (Å²) in [6, 6.07) is 4.10. The number of pyridine rings is 1. The lowest BCUT2D eigenvalue weighted by atomic mass is 10.2. The quantitative estimate of drug-likeness (QED) is 0.852. The van der Waals surface area contributed by atoms with Gasteiger partial charge in [-0.3, -0.25) is 4.79 Å². The third kappa shape index (κ3) is 3.31. The van der Waals surface area contributed by atoms with Gasteiger partial charge in [0.05, 0.1) is 11.3 Å². The average Bonchev–Trinajstić information content (AvgIpc) is 2.45. The van der Waals surface area contributed by atoms with Crippen molar-refractivity contribution in [3.63, 3.8) is 0 Å². The van der Waals surface area contributed by atoms with Crippen molar-refractivity contribution in [2.24, 2.45) is 0 Å². The highest BCUT2D eigenvalue weighted by Gasteiger charge is 2.17. The van der Waals surface area contributed by atoms with E-state index in [1.165, 1.54) is 18.3 Å². The molecular formula is C14H12F3N3O. The molecule has 1 amide bonds. The lowest BCUT2D eigenvalue weighted by Crippen LogP contribution is -2.17. The topological polar surface area (TPSA) is 54.0 Å². The molecule has 0 saturated carbocycles. The summed E-state index contributed by atoms with van der Waals surface area (Å²) in [5.41, 5.74) is -0.424. The zero-order chi connectivity index (χ0) is 15.4.